The Morgan fingerprint density at radius 1 is 1.04 bits per heavy atom. The van der Waals surface area contributed by atoms with Gasteiger partial charge in [0.25, 0.3) is 0 Å². The zero-order chi connectivity index (χ0) is 19.5. The molecule has 2 fully saturated rings. The summed E-state index contributed by atoms with van der Waals surface area (Å²) in [4.78, 5) is 20.1. The first-order valence-corrected chi connectivity index (χ1v) is 11.3. The number of nitrogens with zero attached hydrogens (tertiary/aromatic N) is 3. The summed E-state index contributed by atoms with van der Waals surface area (Å²) in [5.41, 5.74) is 2.32. The summed E-state index contributed by atoms with van der Waals surface area (Å²) in [6.45, 7) is 9.43. The third-order valence-electron chi connectivity index (χ3n) is 6.53. The second-order valence-electron chi connectivity index (χ2n) is 9.21. The second kappa shape index (κ2) is 8.73. The number of carbonyl (C=O) groups excluding carboxylic acids is 1. The Bertz CT molecular complexity index is 670. The minimum Gasteiger partial charge on any atom is -0.365 e. The number of nitrogens with one attached hydrogen (secondary N) is 1. The van der Waals surface area contributed by atoms with E-state index in [1.165, 1.54) is 37.8 Å². The maximum absolute atomic E-state index is 13.1. The van der Waals surface area contributed by atoms with Gasteiger partial charge in [-0.15, -0.1) is 0 Å². The standard InChI is InChI=1S/C23H36N4O/c1-18(2)16-25-13-12-19(17-25)24-23(28)27-15-14-26(20-8-4-3-5-9-20)21-10-6-7-11-22(21)27/h6-7,10-11,18-20H,3-5,8-9,12-17H2,1-2H3,(H,24,28)/t19-/m1/s1. The van der Waals surface area contributed by atoms with Crippen molar-refractivity contribution < 1.29 is 4.79 Å². The monoisotopic (exact) mass is 384 g/mol. The smallest absolute Gasteiger partial charge is 0.322 e. The zero-order valence-electron chi connectivity index (χ0n) is 17.6. The molecule has 1 aromatic carbocycles. The van der Waals surface area contributed by atoms with Crippen LogP contribution in [0.3, 0.4) is 0 Å². The molecule has 1 saturated heterocycles. The van der Waals surface area contributed by atoms with Crippen LogP contribution in [0.25, 0.3) is 0 Å². The summed E-state index contributed by atoms with van der Waals surface area (Å²) in [6, 6.07) is 9.47. The van der Waals surface area contributed by atoms with Gasteiger partial charge in [0, 0.05) is 44.8 Å². The minimum atomic E-state index is 0.0761. The van der Waals surface area contributed by atoms with E-state index in [1.807, 2.05) is 4.90 Å². The normalized spacial score (nSPS) is 23.9. The maximum Gasteiger partial charge on any atom is 0.322 e. The lowest BCUT2D eigenvalue weighted by atomic mass is 9.93. The van der Waals surface area contributed by atoms with Crippen LogP contribution < -0.4 is 15.1 Å². The van der Waals surface area contributed by atoms with Gasteiger partial charge in [0.1, 0.15) is 0 Å². The fraction of sp³-hybridized carbons (Fsp3) is 0.696. The molecule has 0 aromatic heterocycles. The highest BCUT2D eigenvalue weighted by Crippen LogP contribution is 2.37. The lowest BCUT2D eigenvalue weighted by molar-refractivity contribution is 0.240. The van der Waals surface area contributed by atoms with Gasteiger partial charge in [0.15, 0.2) is 0 Å². The molecule has 2 heterocycles. The molecule has 0 spiro atoms. The van der Waals surface area contributed by atoms with Gasteiger partial charge < -0.3 is 15.1 Å². The van der Waals surface area contributed by atoms with Crippen LogP contribution in [0.5, 0.6) is 0 Å². The fourth-order valence-corrected chi connectivity index (χ4v) is 5.25. The molecule has 1 N–H and O–H groups in total. The Kier molecular flexibility index (Phi) is 6.10. The van der Waals surface area contributed by atoms with Crippen molar-refractivity contribution in [3.05, 3.63) is 24.3 Å². The molecular weight excluding hydrogens is 348 g/mol. The van der Waals surface area contributed by atoms with Crippen molar-refractivity contribution in [3.63, 3.8) is 0 Å². The first-order chi connectivity index (χ1) is 13.6. The van der Waals surface area contributed by atoms with Crippen molar-refractivity contribution in [1.29, 1.82) is 0 Å². The molecule has 4 rings (SSSR count). The second-order valence-corrected chi connectivity index (χ2v) is 9.21. The van der Waals surface area contributed by atoms with Crippen LogP contribution in [0.2, 0.25) is 0 Å². The lowest BCUT2D eigenvalue weighted by Gasteiger charge is -2.43. The van der Waals surface area contributed by atoms with Gasteiger partial charge in [-0.25, -0.2) is 4.79 Å². The summed E-state index contributed by atoms with van der Waals surface area (Å²) < 4.78 is 0. The Labute approximate surface area is 170 Å². The molecular formula is C23H36N4O. The topological polar surface area (TPSA) is 38.8 Å². The van der Waals surface area contributed by atoms with Gasteiger partial charge in [-0.1, -0.05) is 45.2 Å². The van der Waals surface area contributed by atoms with Gasteiger partial charge in [0.05, 0.1) is 11.4 Å². The van der Waals surface area contributed by atoms with Crippen LogP contribution in [0.1, 0.15) is 52.4 Å². The summed E-state index contributed by atoms with van der Waals surface area (Å²) in [6.07, 6.45) is 7.67. The Morgan fingerprint density at radius 2 is 1.79 bits per heavy atom. The fourth-order valence-electron chi connectivity index (χ4n) is 5.25. The molecule has 1 saturated carbocycles. The number of carbonyl (C=O) groups is 1. The van der Waals surface area contributed by atoms with Gasteiger partial charge in [0.2, 0.25) is 0 Å². The Morgan fingerprint density at radius 3 is 2.54 bits per heavy atom. The number of likely N-dealkylation sites (tertiary alicyclic amines) is 1. The van der Waals surface area contributed by atoms with E-state index >= 15 is 0 Å². The number of benzene rings is 1. The number of fused-ring (bicyclic) bond motifs is 1. The summed E-state index contributed by atoms with van der Waals surface area (Å²) in [5.74, 6) is 0.675. The quantitative estimate of drug-likeness (QED) is 0.850. The van der Waals surface area contributed by atoms with Crippen molar-refractivity contribution in [2.24, 2.45) is 5.92 Å². The van der Waals surface area contributed by atoms with Crippen molar-refractivity contribution in [3.8, 4) is 0 Å². The molecule has 2 aliphatic heterocycles. The van der Waals surface area contributed by atoms with E-state index in [4.69, 9.17) is 0 Å². The van der Waals surface area contributed by atoms with E-state index in [0.717, 1.165) is 44.8 Å². The Balaban J connectivity index is 1.42. The molecule has 1 aromatic rings. The zero-order valence-corrected chi connectivity index (χ0v) is 17.6. The van der Waals surface area contributed by atoms with E-state index in [2.05, 4.69) is 53.2 Å². The molecule has 0 unspecified atom stereocenters. The van der Waals surface area contributed by atoms with Crippen LogP contribution in [-0.4, -0.2) is 55.7 Å². The number of hydrogen-bond donors (Lipinski definition) is 1. The summed E-state index contributed by atoms with van der Waals surface area (Å²) >= 11 is 0. The van der Waals surface area contributed by atoms with Crippen LogP contribution in [0, 0.1) is 5.92 Å². The molecule has 0 radical (unpaired) electrons. The molecule has 5 heteroatoms. The molecule has 154 valence electrons. The SMILES string of the molecule is CC(C)CN1CC[C@@H](NC(=O)N2CCN(C3CCCCC3)c3ccccc32)C1. The van der Waals surface area contributed by atoms with Gasteiger partial charge in [-0.2, -0.15) is 0 Å². The van der Waals surface area contributed by atoms with E-state index in [9.17, 15) is 4.79 Å². The molecule has 0 bridgehead atoms. The molecule has 3 aliphatic rings. The molecule has 5 nitrogen and oxygen atoms in total. The predicted molar refractivity (Wildman–Crippen MR) is 116 cm³/mol. The van der Waals surface area contributed by atoms with E-state index < -0.39 is 0 Å². The number of anilines is 2. The summed E-state index contributed by atoms with van der Waals surface area (Å²) in [7, 11) is 0. The lowest BCUT2D eigenvalue weighted by Crippen LogP contribution is -2.53. The van der Waals surface area contributed by atoms with Gasteiger partial charge in [-0.05, 0) is 37.3 Å². The van der Waals surface area contributed by atoms with Crippen molar-refractivity contribution in [1.82, 2.24) is 10.2 Å². The first-order valence-electron chi connectivity index (χ1n) is 11.3. The Hall–Kier alpha value is -1.75. The number of rotatable bonds is 4. The molecule has 1 atom stereocenters. The highest BCUT2D eigenvalue weighted by molar-refractivity contribution is 5.97. The summed E-state index contributed by atoms with van der Waals surface area (Å²) in [5, 5.41) is 3.31. The third kappa shape index (κ3) is 4.29. The van der Waals surface area contributed by atoms with Crippen molar-refractivity contribution in [2.75, 3.05) is 42.5 Å². The van der Waals surface area contributed by atoms with E-state index in [1.54, 1.807) is 0 Å². The van der Waals surface area contributed by atoms with Crippen LogP contribution in [0.4, 0.5) is 16.2 Å². The minimum absolute atomic E-state index is 0.0761. The third-order valence-corrected chi connectivity index (χ3v) is 6.53. The maximum atomic E-state index is 13.1. The molecule has 1 aliphatic carbocycles. The molecule has 28 heavy (non-hydrogen) atoms. The van der Waals surface area contributed by atoms with E-state index in [0.29, 0.717) is 12.0 Å². The average Bonchev–Trinajstić information content (AvgIpc) is 3.13. The largest absolute Gasteiger partial charge is 0.365 e. The average molecular weight is 385 g/mol. The van der Waals surface area contributed by atoms with Crippen LogP contribution in [-0.2, 0) is 0 Å². The highest BCUT2D eigenvalue weighted by atomic mass is 16.2. The number of amides is 2. The van der Waals surface area contributed by atoms with Gasteiger partial charge >= 0.3 is 6.03 Å². The predicted octanol–water partition coefficient (Wildman–Crippen LogP) is 4.09. The highest BCUT2D eigenvalue weighted by Gasteiger charge is 2.32. The number of urea groups is 1. The van der Waals surface area contributed by atoms with Crippen molar-refractivity contribution in [2.45, 2.75) is 64.5 Å². The number of hydrogen-bond acceptors (Lipinski definition) is 3. The molecule has 2 amide bonds. The van der Waals surface area contributed by atoms with Gasteiger partial charge in [-0.3, -0.25) is 4.90 Å². The van der Waals surface area contributed by atoms with Crippen LogP contribution in [0.15, 0.2) is 24.3 Å². The van der Waals surface area contributed by atoms with E-state index in [-0.39, 0.29) is 12.1 Å². The van der Waals surface area contributed by atoms with Crippen molar-refractivity contribution >= 4 is 17.4 Å². The van der Waals surface area contributed by atoms with Crippen LogP contribution >= 0.6 is 0 Å². The first kappa shape index (κ1) is 19.6. The number of para-hydroxylation sites is 2.